The van der Waals surface area contributed by atoms with Gasteiger partial charge in [-0.05, 0) is 106 Å². The second kappa shape index (κ2) is 14.3. The first-order chi connectivity index (χ1) is 31.2. The molecule has 0 bridgehead atoms. The van der Waals surface area contributed by atoms with Gasteiger partial charge >= 0.3 is 0 Å². The highest BCUT2D eigenvalue weighted by atomic mass is 32.1. The summed E-state index contributed by atoms with van der Waals surface area (Å²) in [4.78, 5) is 16.5. The molecule has 0 aliphatic carbocycles. The van der Waals surface area contributed by atoms with Crippen LogP contribution in [0.5, 0.6) is 0 Å². The highest BCUT2D eigenvalue weighted by Gasteiger charge is 2.22. The van der Waals surface area contributed by atoms with Crippen LogP contribution in [0.4, 0.5) is 0 Å². The van der Waals surface area contributed by atoms with Gasteiger partial charge in [-0.3, -0.25) is 0 Å². The van der Waals surface area contributed by atoms with Gasteiger partial charge in [-0.15, -0.1) is 11.3 Å². The molecule has 0 amide bonds. The molecule has 3 nitrogen and oxygen atoms in total. The highest BCUT2D eigenvalue weighted by Crippen LogP contribution is 2.45. The van der Waals surface area contributed by atoms with Crippen LogP contribution in [0.1, 0.15) is 0 Å². The van der Waals surface area contributed by atoms with Crippen molar-refractivity contribution >= 4 is 85.4 Å². The lowest BCUT2D eigenvalue weighted by Crippen LogP contribution is -2.02. The summed E-state index contributed by atoms with van der Waals surface area (Å²) in [6, 6.07) is 76.4. The van der Waals surface area contributed by atoms with E-state index in [1.807, 2.05) is 0 Å². The maximum absolute atomic E-state index is 5.54. The molecule has 0 aliphatic rings. The van der Waals surface area contributed by atoms with Crippen molar-refractivity contribution in [3.05, 3.63) is 212 Å². The van der Waals surface area contributed by atoms with E-state index in [-0.39, 0.29) is 0 Å². The van der Waals surface area contributed by atoms with Gasteiger partial charge in [0.15, 0.2) is 17.5 Å². The lowest BCUT2D eigenvalue weighted by molar-refractivity contribution is 1.08. The smallest absolute Gasteiger partial charge is 0.165 e. The van der Waals surface area contributed by atoms with E-state index in [0.717, 1.165) is 48.9 Å². The van der Waals surface area contributed by atoms with Crippen LogP contribution in [0, 0.1) is 0 Å². The van der Waals surface area contributed by atoms with Crippen LogP contribution in [0.3, 0.4) is 0 Å². The van der Waals surface area contributed by atoms with Gasteiger partial charge in [0.1, 0.15) is 0 Å². The second-order valence-electron chi connectivity index (χ2n) is 16.3. The molecule has 0 unspecified atom stereocenters. The summed E-state index contributed by atoms with van der Waals surface area (Å²) < 4.78 is 2.40. The summed E-state index contributed by atoms with van der Waals surface area (Å²) in [7, 11) is 0. The van der Waals surface area contributed by atoms with E-state index in [0.29, 0.717) is 17.5 Å². The van der Waals surface area contributed by atoms with Crippen LogP contribution in [0.25, 0.3) is 130 Å². The van der Waals surface area contributed by atoms with Gasteiger partial charge < -0.3 is 0 Å². The molecular weight excluding hydrogens is 783 g/mol. The summed E-state index contributed by atoms with van der Waals surface area (Å²) >= 11 is 1.79. The van der Waals surface area contributed by atoms with Gasteiger partial charge in [0.05, 0.1) is 0 Å². The Morgan fingerprint density at radius 1 is 0.270 bits per heavy atom. The Morgan fingerprint density at radius 2 is 0.794 bits per heavy atom. The Kier molecular flexibility index (Phi) is 8.08. The molecule has 0 saturated carbocycles. The maximum Gasteiger partial charge on any atom is 0.165 e. The topological polar surface area (TPSA) is 38.7 Å². The number of rotatable bonds is 5. The number of nitrogens with zero attached hydrogens (tertiary/aromatic N) is 3. The molecule has 0 N–H and O–H groups in total. The number of fused-ring (bicyclic) bond motifs is 10. The maximum atomic E-state index is 5.54. The molecule has 2 aromatic heterocycles. The van der Waals surface area contributed by atoms with Crippen LogP contribution >= 0.6 is 11.3 Å². The standard InChI is InChI=1S/C59H35N3S/c1-6-22-43-36(15-1)31-32-49(53-35-39-17-3-5-21-42(39)45-24-8-10-26-47(45)53)55(43)59-61-57(60-58(62-59)51-29-14-28-50-48-27-11-12-30-54(48)63-56(50)51)40-19-13-18-37(33-40)52-34-38-16-2-4-20-41(38)44-23-7-9-25-46(44)52/h1-35H. The van der Waals surface area contributed by atoms with Crippen molar-refractivity contribution in [3.63, 3.8) is 0 Å². The summed E-state index contributed by atoms with van der Waals surface area (Å²) in [6.45, 7) is 0. The van der Waals surface area contributed by atoms with E-state index in [1.54, 1.807) is 11.3 Å². The number of thiophene rings is 1. The van der Waals surface area contributed by atoms with E-state index < -0.39 is 0 Å². The van der Waals surface area contributed by atoms with E-state index in [9.17, 15) is 0 Å². The van der Waals surface area contributed by atoms with Crippen molar-refractivity contribution in [2.45, 2.75) is 0 Å². The third kappa shape index (κ3) is 5.76. The molecule has 2 heterocycles. The van der Waals surface area contributed by atoms with Gasteiger partial charge in [-0.1, -0.05) is 182 Å². The fourth-order valence-electron chi connectivity index (χ4n) is 9.79. The Labute approximate surface area is 367 Å². The van der Waals surface area contributed by atoms with Crippen molar-refractivity contribution in [2.75, 3.05) is 0 Å². The zero-order chi connectivity index (χ0) is 41.4. The molecule has 0 atom stereocenters. The molecular formula is C59H35N3S. The van der Waals surface area contributed by atoms with Crippen LogP contribution < -0.4 is 0 Å². The molecule has 0 saturated heterocycles. The minimum absolute atomic E-state index is 0.627. The van der Waals surface area contributed by atoms with Crippen molar-refractivity contribution in [1.29, 1.82) is 0 Å². The monoisotopic (exact) mass is 817 g/mol. The molecule has 63 heavy (non-hydrogen) atoms. The Hall–Kier alpha value is -8.05. The van der Waals surface area contributed by atoms with Gasteiger partial charge in [0.25, 0.3) is 0 Å². The van der Waals surface area contributed by atoms with Crippen LogP contribution in [-0.4, -0.2) is 15.0 Å². The molecule has 13 rings (SSSR count). The van der Waals surface area contributed by atoms with Gasteiger partial charge in [0.2, 0.25) is 0 Å². The van der Waals surface area contributed by atoms with Crippen LogP contribution in [-0.2, 0) is 0 Å². The zero-order valence-corrected chi connectivity index (χ0v) is 34.8. The Morgan fingerprint density at radius 3 is 1.54 bits per heavy atom. The number of hydrogen-bond acceptors (Lipinski definition) is 4. The summed E-state index contributed by atoms with van der Waals surface area (Å²) in [5, 5.41) is 14.4. The fourth-order valence-corrected chi connectivity index (χ4v) is 11.0. The van der Waals surface area contributed by atoms with E-state index in [2.05, 4.69) is 212 Å². The van der Waals surface area contributed by atoms with Crippen molar-refractivity contribution in [1.82, 2.24) is 15.0 Å². The second-order valence-corrected chi connectivity index (χ2v) is 17.3. The normalized spacial score (nSPS) is 11.8. The van der Waals surface area contributed by atoms with E-state index >= 15 is 0 Å². The summed E-state index contributed by atoms with van der Waals surface area (Å²) in [6.07, 6.45) is 0. The summed E-state index contributed by atoms with van der Waals surface area (Å²) in [5.74, 6) is 1.91. The Bertz CT molecular complexity index is 4000. The summed E-state index contributed by atoms with van der Waals surface area (Å²) in [5.41, 5.74) is 7.41. The molecule has 13 aromatic rings. The van der Waals surface area contributed by atoms with E-state index in [4.69, 9.17) is 15.0 Å². The minimum Gasteiger partial charge on any atom is -0.208 e. The molecule has 292 valence electrons. The quantitative estimate of drug-likeness (QED) is 0.162. The predicted octanol–water partition coefficient (Wildman–Crippen LogP) is 16.3. The largest absolute Gasteiger partial charge is 0.208 e. The van der Waals surface area contributed by atoms with Crippen molar-refractivity contribution < 1.29 is 0 Å². The van der Waals surface area contributed by atoms with Gasteiger partial charge in [-0.2, -0.15) is 0 Å². The van der Waals surface area contributed by atoms with Crippen LogP contribution in [0.15, 0.2) is 212 Å². The highest BCUT2D eigenvalue weighted by molar-refractivity contribution is 7.26. The first-order valence-corrected chi connectivity index (χ1v) is 22.2. The molecule has 0 spiro atoms. The van der Waals surface area contributed by atoms with E-state index in [1.165, 1.54) is 64.1 Å². The molecule has 4 heteroatoms. The van der Waals surface area contributed by atoms with Crippen molar-refractivity contribution in [3.8, 4) is 56.4 Å². The van der Waals surface area contributed by atoms with Gasteiger partial charge in [0, 0.05) is 36.9 Å². The zero-order valence-electron chi connectivity index (χ0n) is 34.0. The molecule has 11 aromatic carbocycles. The third-order valence-corrected chi connectivity index (χ3v) is 13.9. The lowest BCUT2D eigenvalue weighted by atomic mass is 9.88. The average Bonchev–Trinajstić information content (AvgIpc) is 3.74. The molecule has 0 radical (unpaired) electrons. The first kappa shape index (κ1) is 35.7. The average molecular weight is 818 g/mol. The van der Waals surface area contributed by atoms with Gasteiger partial charge in [-0.25, -0.2) is 15.0 Å². The lowest BCUT2D eigenvalue weighted by Gasteiger charge is -2.17. The predicted molar refractivity (Wildman–Crippen MR) is 267 cm³/mol. The Balaban J connectivity index is 1.10. The molecule has 0 aliphatic heterocycles. The first-order valence-electron chi connectivity index (χ1n) is 21.3. The third-order valence-electron chi connectivity index (χ3n) is 12.7. The fraction of sp³-hybridized carbons (Fsp3) is 0. The number of hydrogen-bond donors (Lipinski definition) is 0. The number of aromatic nitrogens is 3. The molecule has 0 fully saturated rings. The number of benzene rings is 11. The minimum atomic E-state index is 0.627. The van der Waals surface area contributed by atoms with Crippen molar-refractivity contribution in [2.24, 2.45) is 0 Å². The SMILES string of the molecule is c1cc(-c2nc(-c3c(-c4cc5ccccc5c5ccccc45)ccc4ccccc34)nc(-c3cccc4c3sc3ccccc34)n2)cc(-c2cc3ccccc3c3ccccc23)c1. The van der Waals surface area contributed by atoms with Crippen LogP contribution in [0.2, 0.25) is 0 Å².